The predicted molar refractivity (Wildman–Crippen MR) is 65.3 cm³/mol. The third-order valence-corrected chi connectivity index (χ3v) is 3.15. The van der Waals surface area contributed by atoms with Gasteiger partial charge in [-0.1, -0.05) is 24.3 Å². The van der Waals surface area contributed by atoms with Gasteiger partial charge in [-0.25, -0.2) is 0 Å². The SMILES string of the molecule is NC(=O)CCc1ccc([C@H]2C[C@@H](O)CN2)cc1. The highest BCUT2D eigenvalue weighted by Gasteiger charge is 2.22. The fourth-order valence-corrected chi connectivity index (χ4v) is 2.16. The van der Waals surface area contributed by atoms with Gasteiger partial charge < -0.3 is 16.2 Å². The third kappa shape index (κ3) is 3.28. The summed E-state index contributed by atoms with van der Waals surface area (Å²) in [6.45, 7) is 0.661. The summed E-state index contributed by atoms with van der Waals surface area (Å²) in [7, 11) is 0. The molecule has 0 aliphatic carbocycles. The monoisotopic (exact) mass is 234 g/mol. The number of carbonyl (C=O) groups is 1. The smallest absolute Gasteiger partial charge is 0.217 e. The zero-order chi connectivity index (χ0) is 12.3. The van der Waals surface area contributed by atoms with Crippen molar-refractivity contribution in [1.29, 1.82) is 0 Å². The number of aliphatic hydroxyl groups excluding tert-OH is 1. The molecular weight excluding hydrogens is 216 g/mol. The molecule has 1 saturated heterocycles. The summed E-state index contributed by atoms with van der Waals surface area (Å²) in [5.41, 5.74) is 7.41. The number of nitrogens with one attached hydrogen (secondary N) is 1. The molecule has 92 valence electrons. The van der Waals surface area contributed by atoms with E-state index in [-0.39, 0.29) is 18.1 Å². The fourth-order valence-electron chi connectivity index (χ4n) is 2.16. The number of amides is 1. The first-order valence-electron chi connectivity index (χ1n) is 5.94. The average Bonchev–Trinajstić information content (AvgIpc) is 2.74. The summed E-state index contributed by atoms with van der Waals surface area (Å²) in [4.78, 5) is 10.7. The van der Waals surface area contributed by atoms with Crippen LogP contribution in [0.1, 0.15) is 30.0 Å². The lowest BCUT2D eigenvalue weighted by atomic mass is 10.0. The van der Waals surface area contributed by atoms with Gasteiger partial charge in [0, 0.05) is 19.0 Å². The van der Waals surface area contributed by atoms with E-state index in [4.69, 9.17) is 5.73 Å². The highest BCUT2D eigenvalue weighted by molar-refractivity contribution is 5.73. The van der Waals surface area contributed by atoms with Crippen molar-refractivity contribution in [3.8, 4) is 0 Å². The third-order valence-electron chi connectivity index (χ3n) is 3.15. The van der Waals surface area contributed by atoms with Crippen LogP contribution in [-0.2, 0) is 11.2 Å². The second kappa shape index (κ2) is 5.29. The Labute approximate surface area is 101 Å². The quantitative estimate of drug-likeness (QED) is 0.710. The molecule has 0 aromatic heterocycles. The van der Waals surface area contributed by atoms with Gasteiger partial charge in [-0.15, -0.1) is 0 Å². The van der Waals surface area contributed by atoms with Crippen molar-refractivity contribution in [3.05, 3.63) is 35.4 Å². The summed E-state index contributed by atoms with van der Waals surface area (Å²) >= 11 is 0. The van der Waals surface area contributed by atoms with Crippen LogP contribution in [0.3, 0.4) is 0 Å². The average molecular weight is 234 g/mol. The molecule has 2 rings (SSSR count). The maximum Gasteiger partial charge on any atom is 0.217 e. The molecule has 17 heavy (non-hydrogen) atoms. The molecule has 0 saturated carbocycles. The Morgan fingerprint density at radius 2 is 2.12 bits per heavy atom. The lowest BCUT2D eigenvalue weighted by molar-refractivity contribution is -0.117. The fraction of sp³-hybridized carbons (Fsp3) is 0.462. The standard InChI is InChI=1S/C13H18N2O2/c14-13(17)6-3-9-1-4-10(5-2-9)12-7-11(16)8-15-12/h1-2,4-5,11-12,15-16H,3,6-8H2,(H2,14,17)/t11-,12-/m1/s1. The number of carbonyl (C=O) groups excluding carboxylic acids is 1. The van der Waals surface area contributed by atoms with E-state index in [1.54, 1.807) is 0 Å². The molecular formula is C13H18N2O2. The van der Waals surface area contributed by atoms with Gasteiger partial charge in [0.1, 0.15) is 0 Å². The number of nitrogens with two attached hydrogens (primary N) is 1. The van der Waals surface area contributed by atoms with Crippen LogP contribution in [0.4, 0.5) is 0 Å². The van der Waals surface area contributed by atoms with Gasteiger partial charge in [0.25, 0.3) is 0 Å². The molecule has 1 aliphatic heterocycles. The van der Waals surface area contributed by atoms with E-state index < -0.39 is 0 Å². The van der Waals surface area contributed by atoms with Crippen LogP contribution < -0.4 is 11.1 Å². The van der Waals surface area contributed by atoms with Gasteiger partial charge in [0.2, 0.25) is 5.91 Å². The van der Waals surface area contributed by atoms with Gasteiger partial charge in [-0.3, -0.25) is 4.79 Å². The molecule has 4 heteroatoms. The zero-order valence-electron chi connectivity index (χ0n) is 9.73. The van der Waals surface area contributed by atoms with Gasteiger partial charge in [0.05, 0.1) is 6.10 Å². The summed E-state index contributed by atoms with van der Waals surface area (Å²) in [5, 5.41) is 12.7. The molecule has 1 fully saturated rings. The maximum atomic E-state index is 10.7. The Morgan fingerprint density at radius 3 is 2.65 bits per heavy atom. The van der Waals surface area contributed by atoms with E-state index in [0.717, 1.165) is 12.0 Å². The minimum Gasteiger partial charge on any atom is -0.392 e. The highest BCUT2D eigenvalue weighted by atomic mass is 16.3. The van der Waals surface area contributed by atoms with Crippen LogP contribution in [0, 0.1) is 0 Å². The first-order chi connectivity index (χ1) is 8.15. The Hall–Kier alpha value is -1.39. The number of aliphatic hydroxyl groups is 1. The minimum absolute atomic E-state index is 0.241. The number of primary amides is 1. The van der Waals surface area contributed by atoms with Crippen LogP contribution in [0.5, 0.6) is 0 Å². The van der Waals surface area contributed by atoms with Crippen molar-refractivity contribution in [3.63, 3.8) is 0 Å². The number of hydrogen-bond acceptors (Lipinski definition) is 3. The molecule has 1 aliphatic rings. The largest absolute Gasteiger partial charge is 0.392 e. The molecule has 4 N–H and O–H groups in total. The van der Waals surface area contributed by atoms with Crippen LogP contribution >= 0.6 is 0 Å². The zero-order valence-corrected chi connectivity index (χ0v) is 9.73. The molecule has 4 nitrogen and oxygen atoms in total. The van der Waals surface area contributed by atoms with Crippen molar-refractivity contribution >= 4 is 5.91 Å². The van der Waals surface area contributed by atoms with Crippen LogP contribution in [-0.4, -0.2) is 23.7 Å². The van der Waals surface area contributed by atoms with Crippen molar-refractivity contribution in [2.75, 3.05) is 6.54 Å². The van der Waals surface area contributed by atoms with Crippen LogP contribution in [0.25, 0.3) is 0 Å². The van der Waals surface area contributed by atoms with Crippen molar-refractivity contribution < 1.29 is 9.90 Å². The van der Waals surface area contributed by atoms with E-state index >= 15 is 0 Å². The normalized spacial score (nSPS) is 23.8. The molecule has 1 aromatic rings. The van der Waals surface area contributed by atoms with E-state index in [2.05, 4.69) is 5.32 Å². The lowest BCUT2D eigenvalue weighted by Gasteiger charge is -2.11. The summed E-state index contributed by atoms with van der Waals surface area (Å²) in [6, 6.07) is 8.38. The van der Waals surface area contributed by atoms with E-state index in [9.17, 15) is 9.90 Å². The number of hydrogen-bond donors (Lipinski definition) is 3. The van der Waals surface area contributed by atoms with Crippen molar-refractivity contribution in [2.24, 2.45) is 5.73 Å². The molecule has 0 unspecified atom stereocenters. The Balaban J connectivity index is 1.95. The van der Waals surface area contributed by atoms with Gasteiger partial charge >= 0.3 is 0 Å². The second-order valence-electron chi connectivity index (χ2n) is 4.56. The Morgan fingerprint density at radius 1 is 1.41 bits per heavy atom. The molecule has 0 spiro atoms. The Kier molecular flexibility index (Phi) is 3.76. The van der Waals surface area contributed by atoms with E-state index in [0.29, 0.717) is 19.4 Å². The molecule has 2 atom stereocenters. The highest BCUT2D eigenvalue weighted by Crippen LogP contribution is 2.23. The van der Waals surface area contributed by atoms with Crippen molar-refractivity contribution in [1.82, 2.24) is 5.32 Å². The van der Waals surface area contributed by atoms with Gasteiger partial charge in [-0.2, -0.15) is 0 Å². The van der Waals surface area contributed by atoms with E-state index in [1.165, 1.54) is 5.56 Å². The van der Waals surface area contributed by atoms with Crippen molar-refractivity contribution in [2.45, 2.75) is 31.4 Å². The first-order valence-corrected chi connectivity index (χ1v) is 5.94. The molecule has 0 radical (unpaired) electrons. The van der Waals surface area contributed by atoms with Crippen LogP contribution in [0.2, 0.25) is 0 Å². The number of rotatable bonds is 4. The van der Waals surface area contributed by atoms with Gasteiger partial charge in [-0.05, 0) is 24.0 Å². The number of aryl methyl sites for hydroxylation is 1. The molecule has 1 aromatic carbocycles. The summed E-state index contributed by atoms with van der Waals surface area (Å²) in [5.74, 6) is -0.269. The molecule has 0 bridgehead atoms. The number of β-amino-alcohol motifs (C(OH)–C–C–N with tert-alkyl or cyclic N) is 1. The predicted octanol–water partition coefficient (Wildman–Crippen LogP) is 0.500. The Bertz CT molecular complexity index is 389. The second-order valence-corrected chi connectivity index (χ2v) is 4.56. The summed E-state index contributed by atoms with van der Waals surface area (Å²) < 4.78 is 0. The van der Waals surface area contributed by atoms with Crippen LogP contribution in [0.15, 0.2) is 24.3 Å². The minimum atomic E-state index is -0.269. The van der Waals surface area contributed by atoms with E-state index in [1.807, 2.05) is 24.3 Å². The van der Waals surface area contributed by atoms with Gasteiger partial charge in [0.15, 0.2) is 0 Å². The first kappa shape index (κ1) is 12.1. The molecule has 1 heterocycles. The maximum absolute atomic E-state index is 10.7. The molecule has 1 amide bonds. The lowest BCUT2D eigenvalue weighted by Crippen LogP contribution is -2.15. The number of benzene rings is 1. The summed E-state index contributed by atoms with van der Waals surface area (Å²) in [6.07, 6.45) is 1.60. The topological polar surface area (TPSA) is 75.4 Å².